The van der Waals surface area contributed by atoms with E-state index in [2.05, 4.69) is 15.6 Å². The van der Waals surface area contributed by atoms with E-state index in [0.29, 0.717) is 18.0 Å². The highest BCUT2D eigenvalue weighted by molar-refractivity contribution is 7.22. The predicted molar refractivity (Wildman–Crippen MR) is 105 cm³/mol. The first kappa shape index (κ1) is 18.1. The van der Waals surface area contributed by atoms with Crippen LogP contribution in [0.15, 0.2) is 48.5 Å². The average Bonchev–Trinajstić information content (AvgIpc) is 3.01. The first-order chi connectivity index (χ1) is 12.5. The lowest BCUT2D eigenvalue weighted by Gasteiger charge is -2.14. The molecule has 0 aliphatic carbocycles. The first-order valence-electron chi connectivity index (χ1n) is 8.52. The lowest BCUT2D eigenvalue weighted by atomic mass is 10.1. The van der Waals surface area contributed by atoms with Crippen molar-refractivity contribution in [3.63, 3.8) is 0 Å². The minimum absolute atomic E-state index is 0.00658. The second-order valence-electron chi connectivity index (χ2n) is 6.20. The quantitative estimate of drug-likeness (QED) is 0.690. The Kier molecular flexibility index (Phi) is 5.63. The third kappa shape index (κ3) is 4.67. The average molecular weight is 367 g/mol. The van der Waals surface area contributed by atoms with E-state index >= 15 is 0 Å². The molecule has 2 N–H and O–H groups in total. The Balaban J connectivity index is 1.58. The number of carbonyl (C=O) groups excluding carboxylic acids is 2. The molecule has 6 heteroatoms. The Morgan fingerprint density at radius 3 is 2.65 bits per heavy atom. The lowest BCUT2D eigenvalue weighted by Crippen LogP contribution is -2.26. The number of thiazole rings is 1. The van der Waals surface area contributed by atoms with Crippen LogP contribution >= 0.6 is 11.3 Å². The minimum Gasteiger partial charge on any atom is -0.350 e. The van der Waals surface area contributed by atoms with Crippen LogP contribution in [-0.4, -0.2) is 16.8 Å². The van der Waals surface area contributed by atoms with Gasteiger partial charge in [0, 0.05) is 13.3 Å². The van der Waals surface area contributed by atoms with E-state index in [0.717, 1.165) is 21.3 Å². The number of anilines is 1. The van der Waals surface area contributed by atoms with Gasteiger partial charge in [0.1, 0.15) is 0 Å². The maximum Gasteiger partial charge on any atom is 0.223 e. The number of aryl methyl sites for hydroxylation is 1. The summed E-state index contributed by atoms with van der Waals surface area (Å²) >= 11 is 1.44. The molecule has 1 heterocycles. The summed E-state index contributed by atoms with van der Waals surface area (Å²) in [4.78, 5) is 27.7. The fourth-order valence-electron chi connectivity index (χ4n) is 2.73. The van der Waals surface area contributed by atoms with Gasteiger partial charge in [-0.15, -0.1) is 0 Å². The largest absolute Gasteiger partial charge is 0.350 e. The third-order valence-electron chi connectivity index (χ3n) is 4.05. The minimum atomic E-state index is -0.131. The van der Waals surface area contributed by atoms with Crippen molar-refractivity contribution < 1.29 is 9.59 Å². The molecule has 0 spiro atoms. The summed E-state index contributed by atoms with van der Waals surface area (Å²) in [5.41, 5.74) is 3.03. The van der Waals surface area contributed by atoms with Crippen molar-refractivity contribution in [2.24, 2.45) is 0 Å². The molecular formula is C20H21N3O2S. The molecule has 1 aromatic heterocycles. The van der Waals surface area contributed by atoms with Gasteiger partial charge in [0.05, 0.1) is 16.3 Å². The van der Waals surface area contributed by atoms with Crippen molar-refractivity contribution in [3.05, 3.63) is 59.7 Å². The topological polar surface area (TPSA) is 71.1 Å². The van der Waals surface area contributed by atoms with E-state index < -0.39 is 0 Å². The zero-order valence-electron chi connectivity index (χ0n) is 14.8. The van der Waals surface area contributed by atoms with Crippen LogP contribution in [0, 0.1) is 0 Å². The van der Waals surface area contributed by atoms with Crippen LogP contribution in [0.2, 0.25) is 0 Å². The van der Waals surface area contributed by atoms with Crippen LogP contribution in [0.25, 0.3) is 10.2 Å². The van der Waals surface area contributed by atoms with Gasteiger partial charge in [-0.1, -0.05) is 47.7 Å². The molecule has 2 aromatic carbocycles. The molecule has 26 heavy (non-hydrogen) atoms. The molecule has 0 aliphatic rings. The first-order valence-corrected chi connectivity index (χ1v) is 9.34. The molecular weight excluding hydrogens is 346 g/mol. The molecule has 0 saturated heterocycles. The molecule has 134 valence electrons. The fourth-order valence-corrected chi connectivity index (χ4v) is 3.70. The van der Waals surface area contributed by atoms with Crippen molar-refractivity contribution >= 4 is 38.5 Å². The molecule has 5 nitrogen and oxygen atoms in total. The van der Waals surface area contributed by atoms with Crippen LogP contribution in [0.3, 0.4) is 0 Å². The number of rotatable bonds is 6. The Morgan fingerprint density at radius 2 is 1.92 bits per heavy atom. The smallest absolute Gasteiger partial charge is 0.223 e. The van der Waals surface area contributed by atoms with Crippen molar-refractivity contribution in [2.45, 2.75) is 32.7 Å². The monoisotopic (exact) mass is 367 g/mol. The molecule has 0 fully saturated rings. The maximum absolute atomic E-state index is 12.2. The van der Waals surface area contributed by atoms with Crippen LogP contribution < -0.4 is 10.6 Å². The van der Waals surface area contributed by atoms with Crippen LogP contribution in [0.1, 0.15) is 37.4 Å². The number of nitrogens with one attached hydrogen (secondary N) is 2. The zero-order valence-corrected chi connectivity index (χ0v) is 15.6. The third-order valence-corrected chi connectivity index (χ3v) is 4.99. The number of fused-ring (bicyclic) bond motifs is 1. The second-order valence-corrected chi connectivity index (χ2v) is 7.23. The number of amides is 2. The molecule has 0 aliphatic heterocycles. The summed E-state index contributed by atoms with van der Waals surface area (Å²) in [6.07, 6.45) is 1.09. The Morgan fingerprint density at radius 1 is 1.15 bits per heavy atom. The van der Waals surface area contributed by atoms with Crippen LogP contribution in [-0.2, 0) is 16.0 Å². The fraction of sp³-hybridized carbons (Fsp3) is 0.250. The highest BCUT2D eigenvalue weighted by Gasteiger charge is 2.10. The molecule has 0 saturated carbocycles. The van der Waals surface area contributed by atoms with E-state index in [-0.39, 0.29) is 17.9 Å². The Bertz CT molecular complexity index is 921. The number of aromatic nitrogens is 1. The normalized spacial score (nSPS) is 11.9. The molecule has 3 aromatic rings. The van der Waals surface area contributed by atoms with E-state index in [9.17, 15) is 9.59 Å². The number of nitrogens with zero attached hydrogens (tertiary/aromatic N) is 1. The van der Waals surface area contributed by atoms with Gasteiger partial charge >= 0.3 is 0 Å². The number of hydrogen-bond acceptors (Lipinski definition) is 4. The molecule has 0 bridgehead atoms. The van der Waals surface area contributed by atoms with Gasteiger partial charge in [0.2, 0.25) is 11.8 Å². The number of hydrogen-bond donors (Lipinski definition) is 2. The van der Waals surface area contributed by atoms with E-state index in [4.69, 9.17) is 0 Å². The van der Waals surface area contributed by atoms with Crippen LogP contribution in [0.4, 0.5) is 5.13 Å². The van der Waals surface area contributed by atoms with Gasteiger partial charge in [-0.3, -0.25) is 9.59 Å². The maximum atomic E-state index is 12.2. The molecule has 1 atom stereocenters. The Labute approximate surface area is 156 Å². The zero-order chi connectivity index (χ0) is 18.5. The van der Waals surface area contributed by atoms with Gasteiger partial charge in [0.15, 0.2) is 5.13 Å². The highest BCUT2D eigenvalue weighted by Crippen LogP contribution is 2.27. The summed E-state index contributed by atoms with van der Waals surface area (Å²) in [6.45, 7) is 3.45. The van der Waals surface area contributed by atoms with Gasteiger partial charge in [-0.25, -0.2) is 4.98 Å². The summed E-state index contributed by atoms with van der Waals surface area (Å²) in [5, 5.41) is 6.33. The SMILES string of the molecule is CC(=O)Nc1nc2ccc(CCC(=O)N[C@H](C)c3ccccc3)cc2s1. The van der Waals surface area contributed by atoms with Crippen LogP contribution in [0.5, 0.6) is 0 Å². The summed E-state index contributed by atoms with van der Waals surface area (Å²) in [5.74, 6) is -0.0989. The van der Waals surface area contributed by atoms with Crippen molar-refractivity contribution in [1.82, 2.24) is 10.3 Å². The lowest BCUT2D eigenvalue weighted by molar-refractivity contribution is -0.121. The molecule has 3 rings (SSSR count). The van der Waals surface area contributed by atoms with Gasteiger partial charge in [0.25, 0.3) is 0 Å². The number of carbonyl (C=O) groups is 2. The summed E-state index contributed by atoms with van der Waals surface area (Å²) < 4.78 is 1.00. The molecule has 0 unspecified atom stereocenters. The number of benzene rings is 2. The summed E-state index contributed by atoms with van der Waals surface area (Å²) in [6, 6.07) is 15.9. The van der Waals surface area contributed by atoms with E-state index in [1.807, 2.05) is 55.5 Å². The van der Waals surface area contributed by atoms with Gasteiger partial charge in [-0.05, 0) is 36.6 Å². The van der Waals surface area contributed by atoms with Crippen molar-refractivity contribution in [3.8, 4) is 0 Å². The second kappa shape index (κ2) is 8.10. The van der Waals surface area contributed by atoms with E-state index in [1.165, 1.54) is 18.3 Å². The van der Waals surface area contributed by atoms with Gasteiger partial charge in [-0.2, -0.15) is 0 Å². The molecule has 0 radical (unpaired) electrons. The standard InChI is InChI=1S/C20H21N3O2S/c1-13(16-6-4-3-5-7-16)21-19(25)11-9-15-8-10-17-18(12-15)26-20(23-17)22-14(2)24/h3-8,10,12-13H,9,11H2,1-2H3,(H,21,25)(H,22,23,24)/t13-/m1/s1. The van der Waals surface area contributed by atoms with Crippen molar-refractivity contribution in [1.29, 1.82) is 0 Å². The van der Waals surface area contributed by atoms with Gasteiger partial charge < -0.3 is 10.6 Å². The molecule has 2 amide bonds. The summed E-state index contributed by atoms with van der Waals surface area (Å²) in [7, 11) is 0. The van der Waals surface area contributed by atoms with E-state index in [1.54, 1.807) is 0 Å². The van der Waals surface area contributed by atoms with Crippen molar-refractivity contribution in [2.75, 3.05) is 5.32 Å². The highest BCUT2D eigenvalue weighted by atomic mass is 32.1. The predicted octanol–water partition coefficient (Wildman–Crippen LogP) is 4.06. The Hall–Kier alpha value is -2.73.